The van der Waals surface area contributed by atoms with Crippen LogP contribution in [-0.4, -0.2) is 61.5 Å². The van der Waals surface area contributed by atoms with Crippen LogP contribution in [0.1, 0.15) is 26.7 Å². The van der Waals surface area contributed by atoms with Crippen molar-refractivity contribution in [2.45, 2.75) is 32.2 Å². The molecule has 0 unspecified atom stereocenters. The van der Waals surface area contributed by atoms with Crippen LogP contribution < -0.4 is 16.0 Å². The summed E-state index contributed by atoms with van der Waals surface area (Å²) in [4.78, 5) is 25.9. The maximum absolute atomic E-state index is 12.3. The number of hydrogen-bond donors (Lipinski definition) is 3. The summed E-state index contributed by atoms with van der Waals surface area (Å²) >= 11 is 0. The molecule has 2 amide bonds. The van der Waals surface area contributed by atoms with Crippen molar-refractivity contribution in [2.75, 3.05) is 39.3 Å². The third-order valence-corrected chi connectivity index (χ3v) is 4.12. The average Bonchev–Trinajstić information content (AvgIpc) is 3.28. The lowest BCUT2D eigenvalue weighted by atomic mass is 10.0. The second-order valence-electron chi connectivity index (χ2n) is 6.12. The molecule has 114 valence electrons. The molecule has 1 saturated carbocycles. The Kier molecular flexibility index (Phi) is 4.99. The molecule has 0 bridgehead atoms. The van der Waals surface area contributed by atoms with Gasteiger partial charge in [0.1, 0.15) is 0 Å². The molecule has 1 aliphatic carbocycles. The Balaban J connectivity index is 1.68. The predicted molar refractivity (Wildman–Crippen MR) is 77.3 cm³/mol. The molecule has 0 radical (unpaired) electrons. The van der Waals surface area contributed by atoms with Crippen LogP contribution in [0.3, 0.4) is 0 Å². The van der Waals surface area contributed by atoms with Crippen LogP contribution >= 0.6 is 0 Å². The zero-order valence-corrected chi connectivity index (χ0v) is 12.5. The van der Waals surface area contributed by atoms with Crippen LogP contribution in [0.15, 0.2) is 0 Å². The van der Waals surface area contributed by atoms with Gasteiger partial charge < -0.3 is 16.0 Å². The first-order valence-electron chi connectivity index (χ1n) is 7.53. The number of amides is 2. The van der Waals surface area contributed by atoms with Crippen LogP contribution in [0.5, 0.6) is 0 Å². The number of carbonyl (C=O) groups is 2. The average molecular weight is 282 g/mol. The van der Waals surface area contributed by atoms with Crippen molar-refractivity contribution in [2.24, 2.45) is 5.92 Å². The van der Waals surface area contributed by atoms with E-state index >= 15 is 0 Å². The number of hydrogen-bond acceptors (Lipinski definition) is 4. The monoisotopic (exact) mass is 282 g/mol. The summed E-state index contributed by atoms with van der Waals surface area (Å²) in [6.45, 7) is 8.54. The van der Waals surface area contributed by atoms with Crippen molar-refractivity contribution in [3.05, 3.63) is 0 Å². The quantitative estimate of drug-likeness (QED) is 0.564. The minimum Gasteiger partial charge on any atom is -0.354 e. The molecule has 3 N–H and O–H groups in total. The number of piperazine rings is 1. The Morgan fingerprint density at radius 3 is 2.35 bits per heavy atom. The van der Waals surface area contributed by atoms with Crippen molar-refractivity contribution >= 4 is 11.8 Å². The molecule has 0 atom stereocenters. The van der Waals surface area contributed by atoms with Crippen molar-refractivity contribution in [1.82, 2.24) is 20.9 Å². The summed E-state index contributed by atoms with van der Waals surface area (Å²) in [6.07, 6.45) is 2.02. The number of carbonyl (C=O) groups excluding carboxylic acids is 2. The van der Waals surface area contributed by atoms with Crippen molar-refractivity contribution in [1.29, 1.82) is 0 Å². The molecule has 1 heterocycles. The van der Waals surface area contributed by atoms with Crippen LogP contribution in [0.25, 0.3) is 0 Å². The van der Waals surface area contributed by atoms with Gasteiger partial charge in [0.25, 0.3) is 0 Å². The summed E-state index contributed by atoms with van der Waals surface area (Å²) in [6, 6.07) is 0. The van der Waals surface area contributed by atoms with Gasteiger partial charge in [0.2, 0.25) is 11.8 Å². The molecule has 2 fully saturated rings. The molecule has 1 aliphatic heterocycles. The van der Waals surface area contributed by atoms with Crippen molar-refractivity contribution in [3.8, 4) is 0 Å². The van der Waals surface area contributed by atoms with E-state index in [1.54, 1.807) is 0 Å². The van der Waals surface area contributed by atoms with Gasteiger partial charge in [-0.05, 0) is 26.7 Å². The highest BCUT2D eigenvalue weighted by atomic mass is 16.2. The normalized spacial score (nSPS) is 20.5. The standard InChI is InChI=1S/C14H26N4O2/c1-14(2,18-9-7-15-8-10-18)13(20)17-6-5-16-12(19)11-3-4-11/h11,15H,3-10H2,1-2H3,(H,16,19)(H,17,20). The molecule has 20 heavy (non-hydrogen) atoms. The predicted octanol–water partition coefficient (Wildman–Crippen LogP) is -0.687. The van der Waals surface area contributed by atoms with Gasteiger partial charge in [0.15, 0.2) is 0 Å². The first-order chi connectivity index (χ1) is 9.51. The lowest BCUT2D eigenvalue weighted by Crippen LogP contribution is -2.60. The van der Waals surface area contributed by atoms with Gasteiger partial charge in [-0.25, -0.2) is 0 Å². The second kappa shape index (κ2) is 6.54. The largest absolute Gasteiger partial charge is 0.354 e. The Bertz CT molecular complexity index is 360. The Morgan fingerprint density at radius 2 is 1.75 bits per heavy atom. The highest BCUT2D eigenvalue weighted by molar-refractivity contribution is 5.85. The fraction of sp³-hybridized carbons (Fsp3) is 0.857. The van der Waals surface area contributed by atoms with E-state index in [1.807, 2.05) is 13.8 Å². The van der Waals surface area contributed by atoms with E-state index in [0.717, 1.165) is 39.0 Å². The van der Waals surface area contributed by atoms with Gasteiger partial charge in [0, 0.05) is 45.2 Å². The highest BCUT2D eigenvalue weighted by Gasteiger charge is 2.35. The summed E-state index contributed by atoms with van der Waals surface area (Å²) in [5, 5.41) is 9.06. The Morgan fingerprint density at radius 1 is 1.15 bits per heavy atom. The second-order valence-corrected chi connectivity index (χ2v) is 6.12. The van der Waals surface area contributed by atoms with Gasteiger partial charge in [-0.15, -0.1) is 0 Å². The fourth-order valence-electron chi connectivity index (χ4n) is 2.44. The topological polar surface area (TPSA) is 73.5 Å². The van der Waals surface area contributed by atoms with Crippen LogP contribution in [0.4, 0.5) is 0 Å². The zero-order chi connectivity index (χ0) is 14.6. The van der Waals surface area contributed by atoms with Crippen LogP contribution in [0, 0.1) is 5.92 Å². The van der Waals surface area contributed by atoms with E-state index in [4.69, 9.17) is 0 Å². The molecule has 6 heteroatoms. The highest BCUT2D eigenvalue weighted by Crippen LogP contribution is 2.28. The van der Waals surface area contributed by atoms with E-state index in [0.29, 0.717) is 13.1 Å². The third-order valence-electron chi connectivity index (χ3n) is 4.12. The smallest absolute Gasteiger partial charge is 0.240 e. The molecular formula is C14H26N4O2. The Hall–Kier alpha value is -1.14. The lowest BCUT2D eigenvalue weighted by molar-refractivity contribution is -0.132. The Labute approximate surface area is 120 Å². The number of nitrogens with one attached hydrogen (secondary N) is 3. The molecule has 2 aliphatic rings. The van der Waals surface area contributed by atoms with Crippen molar-refractivity contribution < 1.29 is 9.59 Å². The maximum Gasteiger partial charge on any atom is 0.240 e. The lowest BCUT2D eigenvalue weighted by Gasteiger charge is -2.39. The number of rotatable bonds is 6. The van der Waals surface area contributed by atoms with Gasteiger partial charge >= 0.3 is 0 Å². The molecule has 2 rings (SSSR count). The summed E-state index contributed by atoms with van der Waals surface area (Å²) in [7, 11) is 0. The first-order valence-corrected chi connectivity index (χ1v) is 7.53. The first kappa shape index (κ1) is 15.3. The van der Waals surface area contributed by atoms with Gasteiger partial charge in [0.05, 0.1) is 5.54 Å². The molecule has 0 aromatic carbocycles. The minimum atomic E-state index is -0.497. The summed E-state index contributed by atoms with van der Waals surface area (Å²) < 4.78 is 0. The van der Waals surface area contributed by atoms with Crippen LogP contribution in [-0.2, 0) is 9.59 Å². The minimum absolute atomic E-state index is 0.0278. The third kappa shape index (κ3) is 3.93. The fourth-order valence-corrected chi connectivity index (χ4v) is 2.44. The van der Waals surface area contributed by atoms with Gasteiger partial charge in [-0.1, -0.05) is 0 Å². The van der Waals surface area contributed by atoms with E-state index < -0.39 is 5.54 Å². The molecular weight excluding hydrogens is 256 g/mol. The summed E-state index contributed by atoms with van der Waals surface area (Å²) in [5.74, 6) is 0.378. The zero-order valence-electron chi connectivity index (χ0n) is 12.5. The molecule has 6 nitrogen and oxygen atoms in total. The van der Waals surface area contributed by atoms with E-state index in [1.165, 1.54) is 0 Å². The van der Waals surface area contributed by atoms with Crippen LogP contribution in [0.2, 0.25) is 0 Å². The maximum atomic E-state index is 12.3. The molecule has 0 aromatic rings. The molecule has 0 aromatic heterocycles. The van der Waals surface area contributed by atoms with E-state index in [2.05, 4.69) is 20.9 Å². The van der Waals surface area contributed by atoms with Gasteiger partial charge in [-0.2, -0.15) is 0 Å². The van der Waals surface area contributed by atoms with Crippen molar-refractivity contribution in [3.63, 3.8) is 0 Å². The number of nitrogens with zero attached hydrogens (tertiary/aromatic N) is 1. The molecule has 1 saturated heterocycles. The SMILES string of the molecule is CC(C)(C(=O)NCCNC(=O)C1CC1)N1CCNCC1. The van der Waals surface area contributed by atoms with E-state index in [9.17, 15) is 9.59 Å². The summed E-state index contributed by atoms with van der Waals surface area (Å²) in [5.41, 5.74) is -0.497. The molecule has 0 spiro atoms. The van der Waals surface area contributed by atoms with Gasteiger partial charge in [-0.3, -0.25) is 14.5 Å². The van der Waals surface area contributed by atoms with E-state index in [-0.39, 0.29) is 17.7 Å².